The quantitative estimate of drug-likeness (QED) is 0.415. The molecular weight excluding hydrogens is 378 g/mol. The van der Waals surface area contributed by atoms with Gasteiger partial charge in [0.05, 0.1) is 30.4 Å². The molecule has 30 heavy (non-hydrogen) atoms. The monoisotopic (exact) mass is 403 g/mol. The van der Waals surface area contributed by atoms with Crippen molar-refractivity contribution in [2.45, 2.75) is 32.9 Å². The van der Waals surface area contributed by atoms with Gasteiger partial charge in [-0.3, -0.25) is 4.79 Å². The highest BCUT2D eigenvalue weighted by molar-refractivity contribution is 5.91. The van der Waals surface area contributed by atoms with Crippen LogP contribution in [-0.4, -0.2) is 22.1 Å². The smallest absolute Gasteiger partial charge is 0.287 e. The number of carbonyl (C=O) groups is 1. The number of imidazole rings is 1. The standard InChI is InChI=1S/C24H25N3O3/c1-2-18-10-12-19(13-11-18)29-16-6-14-27-21-8-4-3-7-20(21)26-23(27)17-25-24(28)22-9-5-15-30-22/h3-5,7-13,15H,2,6,14,16-17H2,1H3,(H,25,28). The van der Waals surface area contributed by atoms with E-state index in [2.05, 4.69) is 28.9 Å². The highest BCUT2D eigenvalue weighted by Gasteiger charge is 2.13. The summed E-state index contributed by atoms with van der Waals surface area (Å²) < 4.78 is 13.2. The van der Waals surface area contributed by atoms with Gasteiger partial charge in [0.25, 0.3) is 5.91 Å². The third-order valence-electron chi connectivity index (χ3n) is 5.01. The molecule has 0 saturated carbocycles. The Labute approximate surface area is 175 Å². The van der Waals surface area contributed by atoms with E-state index in [9.17, 15) is 4.79 Å². The van der Waals surface area contributed by atoms with E-state index in [-0.39, 0.29) is 5.91 Å². The molecule has 0 saturated heterocycles. The third-order valence-corrected chi connectivity index (χ3v) is 5.01. The minimum atomic E-state index is -0.252. The van der Waals surface area contributed by atoms with Gasteiger partial charge in [-0.25, -0.2) is 4.98 Å². The molecule has 0 atom stereocenters. The van der Waals surface area contributed by atoms with Crippen LogP contribution in [0.1, 0.15) is 35.3 Å². The maximum atomic E-state index is 12.2. The van der Waals surface area contributed by atoms with Crippen LogP contribution in [0.4, 0.5) is 0 Å². The van der Waals surface area contributed by atoms with Gasteiger partial charge in [-0.05, 0) is 54.8 Å². The number of ether oxygens (including phenoxy) is 1. The van der Waals surface area contributed by atoms with E-state index in [1.165, 1.54) is 11.8 Å². The fourth-order valence-corrected chi connectivity index (χ4v) is 3.40. The lowest BCUT2D eigenvalue weighted by molar-refractivity contribution is 0.0921. The van der Waals surface area contributed by atoms with Crippen molar-refractivity contribution in [3.05, 3.63) is 84.1 Å². The molecule has 2 aromatic carbocycles. The molecule has 4 rings (SSSR count). The van der Waals surface area contributed by atoms with Crippen LogP contribution in [0.5, 0.6) is 5.75 Å². The summed E-state index contributed by atoms with van der Waals surface area (Å²) >= 11 is 0. The van der Waals surface area contributed by atoms with Crippen LogP contribution >= 0.6 is 0 Å². The Kier molecular flexibility index (Phi) is 6.13. The van der Waals surface area contributed by atoms with Crippen LogP contribution in [0, 0.1) is 0 Å². The molecule has 0 radical (unpaired) electrons. The molecule has 4 aromatic rings. The van der Waals surface area contributed by atoms with Crippen LogP contribution in [0.15, 0.2) is 71.3 Å². The molecule has 1 N–H and O–H groups in total. The van der Waals surface area contributed by atoms with Crippen LogP contribution in [-0.2, 0) is 19.5 Å². The van der Waals surface area contributed by atoms with Gasteiger partial charge in [-0.2, -0.15) is 0 Å². The molecule has 0 bridgehead atoms. The molecule has 0 spiro atoms. The van der Waals surface area contributed by atoms with E-state index >= 15 is 0 Å². The van der Waals surface area contributed by atoms with Gasteiger partial charge >= 0.3 is 0 Å². The molecule has 0 aliphatic heterocycles. The molecule has 6 heteroatoms. The van der Waals surface area contributed by atoms with Crippen molar-refractivity contribution < 1.29 is 13.9 Å². The number of hydrogen-bond acceptors (Lipinski definition) is 4. The second-order valence-electron chi connectivity index (χ2n) is 7.03. The van der Waals surface area contributed by atoms with Crippen molar-refractivity contribution in [2.24, 2.45) is 0 Å². The van der Waals surface area contributed by atoms with Gasteiger partial charge in [0.1, 0.15) is 11.6 Å². The Bertz CT molecular complexity index is 1100. The fraction of sp³-hybridized carbons (Fsp3) is 0.250. The third kappa shape index (κ3) is 4.54. The zero-order chi connectivity index (χ0) is 20.8. The van der Waals surface area contributed by atoms with Crippen LogP contribution in [0.3, 0.4) is 0 Å². The zero-order valence-electron chi connectivity index (χ0n) is 17.0. The van der Waals surface area contributed by atoms with E-state index in [0.717, 1.165) is 42.0 Å². The predicted octanol–water partition coefficient (Wildman–Crippen LogP) is 4.59. The largest absolute Gasteiger partial charge is 0.494 e. The summed E-state index contributed by atoms with van der Waals surface area (Å²) in [5.41, 5.74) is 3.26. The maximum Gasteiger partial charge on any atom is 0.287 e. The summed E-state index contributed by atoms with van der Waals surface area (Å²) in [6.45, 7) is 3.82. The molecule has 2 aromatic heterocycles. The van der Waals surface area contributed by atoms with Gasteiger partial charge in [0.2, 0.25) is 0 Å². The topological polar surface area (TPSA) is 69.3 Å². The lowest BCUT2D eigenvalue weighted by atomic mass is 10.2. The minimum Gasteiger partial charge on any atom is -0.494 e. The molecule has 6 nitrogen and oxygen atoms in total. The first-order chi connectivity index (χ1) is 14.7. The number of nitrogens with one attached hydrogen (secondary N) is 1. The molecular formula is C24H25N3O3. The number of nitrogens with zero attached hydrogens (tertiary/aromatic N) is 2. The number of aromatic nitrogens is 2. The average molecular weight is 403 g/mol. The summed E-state index contributed by atoms with van der Waals surface area (Å²) in [5.74, 6) is 1.73. The summed E-state index contributed by atoms with van der Waals surface area (Å²) in [4.78, 5) is 16.9. The molecule has 1 amide bonds. The predicted molar refractivity (Wildman–Crippen MR) is 116 cm³/mol. The van der Waals surface area contributed by atoms with Gasteiger partial charge in [0.15, 0.2) is 5.76 Å². The number of carbonyl (C=O) groups excluding carboxylic acids is 1. The lowest BCUT2D eigenvalue weighted by Crippen LogP contribution is -2.24. The second kappa shape index (κ2) is 9.31. The van der Waals surface area contributed by atoms with Crippen molar-refractivity contribution >= 4 is 16.9 Å². The Morgan fingerprint density at radius 3 is 2.70 bits per heavy atom. The van der Waals surface area contributed by atoms with Gasteiger partial charge < -0.3 is 19.0 Å². The van der Waals surface area contributed by atoms with E-state index in [1.807, 2.05) is 36.4 Å². The number of hydrogen-bond donors (Lipinski definition) is 1. The second-order valence-corrected chi connectivity index (χ2v) is 7.03. The number of benzene rings is 2. The van der Waals surface area contributed by atoms with E-state index in [1.54, 1.807) is 12.1 Å². The lowest BCUT2D eigenvalue weighted by Gasteiger charge is -2.11. The summed E-state index contributed by atoms with van der Waals surface area (Å²) in [6, 6.07) is 19.5. The summed E-state index contributed by atoms with van der Waals surface area (Å²) in [5, 5.41) is 2.88. The molecule has 0 aliphatic carbocycles. The Morgan fingerprint density at radius 2 is 1.93 bits per heavy atom. The Balaban J connectivity index is 1.40. The number of amides is 1. The normalized spacial score (nSPS) is 11.0. The Hall–Kier alpha value is -3.54. The number of rotatable bonds is 9. The van der Waals surface area contributed by atoms with Crippen LogP contribution in [0.25, 0.3) is 11.0 Å². The summed E-state index contributed by atoms with van der Waals surface area (Å²) in [6.07, 6.45) is 3.34. The van der Waals surface area contributed by atoms with E-state index in [0.29, 0.717) is 18.9 Å². The van der Waals surface area contributed by atoms with Crippen molar-refractivity contribution in [1.29, 1.82) is 0 Å². The van der Waals surface area contributed by atoms with Gasteiger partial charge in [0, 0.05) is 6.54 Å². The highest BCUT2D eigenvalue weighted by Crippen LogP contribution is 2.18. The first-order valence-electron chi connectivity index (χ1n) is 10.2. The first-order valence-corrected chi connectivity index (χ1v) is 10.2. The van der Waals surface area contributed by atoms with Crippen LogP contribution in [0.2, 0.25) is 0 Å². The molecule has 0 unspecified atom stereocenters. The molecule has 154 valence electrons. The number of furan rings is 1. The summed E-state index contributed by atoms with van der Waals surface area (Å²) in [7, 11) is 0. The van der Waals surface area contributed by atoms with Crippen LogP contribution < -0.4 is 10.1 Å². The van der Waals surface area contributed by atoms with Gasteiger partial charge in [-0.15, -0.1) is 0 Å². The molecule has 2 heterocycles. The number of para-hydroxylation sites is 2. The van der Waals surface area contributed by atoms with Crippen molar-refractivity contribution in [2.75, 3.05) is 6.61 Å². The van der Waals surface area contributed by atoms with E-state index in [4.69, 9.17) is 14.1 Å². The minimum absolute atomic E-state index is 0.252. The highest BCUT2D eigenvalue weighted by atomic mass is 16.5. The maximum absolute atomic E-state index is 12.2. The van der Waals surface area contributed by atoms with Gasteiger partial charge in [-0.1, -0.05) is 31.2 Å². The molecule has 0 aliphatic rings. The SMILES string of the molecule is CCc1ccc(OCCCn2c(CNC(=O)c3ccco3)nc3ccccc32)cc1. The number of aryl methyl sites for hydroxylation is 2. The van der Waals surface area contributed by atoms with Crippen molar-refractivity contribution in [1.82, 2.24) is 14.9 Å². The first kappa shape index (κ1) is 19.8. The molecule has 0 fully saturated rings. The van der Waals surface area contributed by atoms with E-state index < -0.39 is 0 Å². The number of fused-ring (bicyclic) bond motifs is 1. The fourth-order valence-electron chi connectivity index (χ4n) is 3.40. The Morgan fingerprint density at radius 1 is 1.10 bits per heavy atom. The zero-order valence-corrected chi connectivity index (χ0v) is 17.0. The van der Waals surface area contributed by atoms with Crippen molar-refractivity contribution in [3.63, 3.8) is 0 Å². The van der Waals surface area contributed by atoms with Crippen molar-refractivity contribution in [3.8, 4) is 5.75 Å². The average Bonchev–Trinajstić information content (AvgIpc) is 3.44.